The van der Waals surface area contributed by atoms with Crippen molar-refractivity contribution in [2.75, 3.05) is 13.2 Å². The largest absolute Gasteiger partial charge is 0.469 e. The Morgan fingerprint density at radius 1 is 1.07 bits per heavy atom. The summed E-state index contributed by atoms with van der Waals surface area (Å²) in [6.45, 7) is -1.92. The van der Waals surface area contributed by atoms with Crippen molar-refractivity contribution in [3.8, 4) is 0 Å². The van der Waals surface area contributed by atoms with Crippen molar-refractivity contribution in [1.29, 1.82) is 0 Å². The number of aldehydes is 1. The second-order valence-corrected chi connectivity index (χ2v) is 7.01. The second kappa shape index (κ2) is 10.3. The zero-order chi connectivity index (χ0) is 20.9. The molecule has 9 atom stereocenters. The molecule has 0 spiro atoms. The van der Waals surface area contributed by atoms with Crippen LogP contribution in [-0.4, -0.2) is 120 Å². The van der Waals surface area contributed by atoms with Gasteiger partial charge in [0.05, 0.1) is 13.2 Å². The first kappa shape index (κ1) is 24.5. The van der Waals surface area contributed by atoms with Crippen molar-refractivity contribution >= 4 is 14.1 Å². The van der Waals surface area contributed by atoms with Crippen LogP contribution in [0.4, 0.5) is 0 Å². The van der Waals surface area contributed by atoms with Crippen molar-refractivity contribution in [1.82, 2.24) is 0 Å². The van der Waals surface area contributed by atoms with Crippen LogP contribution in [0.1, 0.15) is 0 Å². The Hall–Kier alpha value is -0.580. The predicted octanol–water partition coefficient (Wildman–Crippen LogP) is -5.44. The standard InChI is InChI=1S/C12H23O14P/c13-1-4(15)7(17)11(5(16)2-14)26-12-10(20)9(19)8(18)6(25-12)3-24-27(21,22)23/h1,4-12,14-20H,2-3H2,(H2,21,22,23)/t4-,5+,6+,7+,8+,9-,10+,11+,12-/m0/s1. The van der Waals surface area contributed by atoms with E-state index in [9.17, 15) is 40.0 Å². The van der Waals surface area contributed by atoms with Crippen LogP contribution in [-0.2, 0) is 23.4 Å². The van der Waals surface area contributed by atoms with Gasteiger partial charge in [-0.3, -0.25) is 4.52 Å². The summed E-state index contributed by atoms with van der Waals surface area (Å²) in [4.78, 5) is 28.0. The number of phosphoric acid groups is 1. The van der Waals surface area contributed by atoms with Crippen molar-refractivity contribution in [3.05, 3.63) is 0 Å². The molecule has 0 amide bonds. The maximum atomic E-state index is 10.7. The highest BCUT2D eigenvalue weighted by Crippen LogP contribution is 2.37. The van der Waals surface area contributed by atoms with Gasteiger partial charge in [0, 0.05) is 0 Å². The number of aliphatic hydroxyl groups excluding tert-OH is 7. The average molecular weight is 422 g/mol. The SMILES string of the molecule is O=C[C@H](O)[C@@H](O)[C@H](O[C@@H]1O[C@H](COP(=O)(O)O)[C@@H](O)[C@H](O)[C@H]1O)[C@H](O)CO. The minimum Gasteiger partial charge on any atom is -0.394 e. The topological polar surface area (TPSA) is 244 Å². The molecule has 0 aliphatic carbocycles. The Kier molecular flexibility index (Phi) is 9.30. The van der Waals surface area contributed by atoms with E-state index in [0.717, 1.165) is 0 Å². The van der Waals surface area contributed by atoms with Crippen LogP contribution in [0.3, 0.4) is 0 Å². The van der Waals surface area contributed by atoms with Gasteiger partial charge >= 0.3 is 7.82 Å². The van der Waals surface area contributed by atoms with Crippen LogP contribution < -0.4 is 0 Å². The number of ether oxygens (including phenoxy) is 2. The van der Waals surface area contributed by atoms with Gasteiger partial charge in [-0.25, -0.2) is 4.57 Å². The van der Waals surface area contributed by atoms with Crippen LogP contribution in [0.2, 0.25) is 0 Å². The average Bonchev–Trinajstić information content (AvgIpc) is 2.62. The summed E-state index contributed by atoms with van der Waals surface area (Å²) in [5.74, 6) is 0. The van der Waals surface area contributed by atoms with Crippen LogP contribution in [0.25, 0.3) is 0 Å². The summed E-state index contributed by atoms with van der Waals surface area (Å²) < 4.78 is 25.0. The van der Waals surface area contributed by atoms with Gasteiger partial charge in [-0.1, -0.05) is 0 Å². The number of carbonyl (C=O) groups excluding carboxylic acids is 1. The maximum absolute atomic E-state index is 10.7. The summed E-state index contributed by atoms with van der Waals surface area (Å²) in [6.07, 6.45) is -17.2. The van der Waals surface area contributed by atoms with E-state index in [-0.39, 0.29) is 6.29 Å². The second-order valence-electron chi connectivity index (χ2n) is 5.77. The van der Waals surface area contributed by atoms with Gasteiger partial charge in [-0.2, -0.15) is 0 Å². The lowest BCUT2D eigenvalue weighted by atomic mass is 9.98. The Labute approximate surface area is 152 Å². The molecule has 15 heteroatoms. The first-order valence-corrected chi connectivity index (χ1v) is 9.11. The molecular formula is C12H23O14P. The molecular weight excluding hydrogens is 399 g/mol. The molecule has 1 fully saturated rings. The molecule has 14 nitrogen and oxygen atoms in total. The van der Waals surface area contributed by atoms with Gasteiger partial charge < -0.3 is 59.8 Å². The fourth-order valence-corrected chi connectivity index (χ4v) is 2.61. The van der Waals surface area contributed by atoms with E-state index in [2.05, 4.69) is 4.52 Å². The lowest BCUT2D eigenvalue weighted by molar-refractivity contribution is -0.325. The first-order valence-electron chi connectivity index (χ1n) is 7.58. The fourth-order valence-electron chi connectivity index (χ4n) is 2.27. The number of hydrogen-bond acceptors (Lipinski definition) is 12. The molecule has 1 aliphatic rings. The monoisotopic (exact) mass is 422 g/mol. The predicted molar refractivity (Wildman–Crippen MR) is 80.7 cm³/mol. The normalized spacial score (nSPS) is 33.9. The molecule has 0 bridgehead atoms. The summed E-state index contributed by atoms with van der Waals surface area (Å²) in [5.41, 5.74) is 0. The molecule has 0 saturated carbocycles. The number of hydrogen-bond donors (Lipinski definition) is 9. The molecule has 0 radical (unpaired) electrons. The molecule has 9 N–H and O–H groups in total. The Bertz CT molecular complexity index is 512. The third kappa shape index (κ3) is 6.76. The van der Waals surface area contributed by atoms with Crippen molar-refractivity contribution < 1.29 is 68.9 Å². The molecule has 0 aromatic carbocycles. The molecule has 27 heavy (non-hydrogen) atoms. The highest BCUT2D eigenvalue weighted by atomic mass is 31.2. The van der Waals surface area contributed by atoms with Crippen LogP contribution in [0.15, 0.2) is 0 Å². The number of aliphatic hydroxyl groups is 7. The molecule has 1 heterocycles. The van der Waals surface area contributed by atoms with Gasteiger partial charge in [0.25, 0.3) is 0 Å². The third-order valence-corrected chi connectivity index (χ3v) is 4.24. The third-order valence-electron chi connectivity index (χ3n) is 3.76. The minimum atomic E-state index is -4.96. The number of rotatable bonds is 10. The molecule has 1 saturated heterocycles. The molecule has 0 aromatic heterocycles. The van der Waals surface area contributed by atoms with Gasteiger partial charge in [-0.05, 0) is 0 Å². The quantitative estimate of drug-likeness (QED) is 0.118. The molecule has 1 rings (SSSR count). The Morgan fingerprint density at radius 3 is 2.15 bits per heavy atom. The summed E-state index contributed by atoms with van der Waals surface area (Å²) >= 11 is 0. The lowest BCUT2D eigenvalue weighted by Crippen LogP contribution is -2.61. The van der Waals surface area contributed by atoms with Gasteiger partial charge in [0.15, 0.2) is 12.6 Å². The minimum absolute atomic E-state index is 0.0848. The molecule has 160 valence electrons. The fraction of sp³-hybridized carbons (Fsp3) is 0.917. The van der Waals surface area contributed by atoms with Crippen LogP contribution in [0.5, 0.6) is 0 Å². The first-order chi connectivity index (χ1) is 12.4. The maximum Gasteiger partial charge on any atom is 0.469 e. The zero-order valence-corrected chi connectivity index (χ0v) is 14.6. The summed E-state index contributed by atoms with van der Waals surface area (Å²) in [6, 6.07) is 0. The zero-order valence-electron chi connectivity index (χ0n) is 13.7. The van der Waals surface area contributed by atoms with Crippen LogP contribution >= 0.6 is 7.82 Å². The van der Waals surface area contributed by atoms with E-state index >= 15 is 0 Å². The van der Waals surface area contributed by atoms with E-state index in [1.807, 2.05) is 0 Å². The number of phosphoric ester groups is 1. The van der Waals surface area contributed by atoms with Crippen molar-refractivity contribution in [3.63, 3.8) is 0 Å². The van der Waals surface area contributed by atoms with E-state index in [0.29, 0.717) is 0 Å². The highest BCUT2D eigenvalue weighted by Gasteiger charge is 2.47. The van der Waals surface area contributed by atoms with Gasteiger partial charge in [0.1, 0.15) is 48.8 Å². The van der Waals surface area contributed by atoms with E-state index < -0.39 is 76.2 Å². The Balaban J connectivity index is 2.95. The smallest absolute Gasteiger partial charge is 0.394 e. The highest BCUT2D eigenvalue weighted by molar-refractivity contribution is 7.46. The van der Waals surface area contributed by atoms with Gasteiger partial charge in [0.2, 0.25) is 0 Å². The lowest BCUT2D eigenvalue weighted by Gasteiger charge is -2.42. The van der Waals surface area contributed by atoms with Gasteiger partial charge in [-0.15, -0.1) is 0 Å². The number of carbonyl (C=O) groups is 1. The summed E-state index contributed by atoms with van der Waals surface area (Å²) in [7, 11) is -4.96. The molecule has 0 unspecified atom stereocenters. The van der Waals surface area contributed by atoms with Crippen LogP contribution in [0, 0.1) is 0 Å². The van der Waals surface area contributed by atoms with E-state index in [4.69, 9.17) is 24.4 Å². The van der Waals surface area contributed by atoms with E-state index in [1.54, 1.807) is 0 Å². The van der Waals surface area contributed by atoms with Crippen molar-refractivity contribution in [2.45, 2.75) is 55.1 Å². The van der Waals surface area contributed by atoms with Crippen molar-refractivity contribution in [2.24, 2.45) is 0 Å². The molecule has 1 aliphatic heterocycles. The summed E-state index contributed by atoms with van der Waals surface area (Å²) in [5, 5.41) is 67.5. The molecule has 0 aromatic rings. The Morgan fingerprint density at radius 2 is 1.67 bits per heavy atom. The van der Waals surface area contributed by atoms with E-state index in [1.165, 1.54) is 0 Å².